The summed E-state index contributed by atoms with van der Waals surface area (Å²) in [6.07, 6.45) is 7.19. The van der Waals surface area contributed by atoms with Crippen LogP contribution < -0.4 is 19.1 Å². The van der Waals surface area contributed by atoms with Gasteiger partial charge < -0.3 is 19.7 Å². The van der Waals surface area contributed by atoms with E-state index in [1.54, 1.807) is 12.1 Å². The number of carbonyl (C=O) groups excluding carboxylic acids is 2. The van der Waals surface area contributed by atoms with Gasteiger partial charge in [0.05, 0.1) is 26.2 Å². The molecule has 2 aromatic carbocycles. The van der Waals surface area contributed by atoms with E-state index < -0.39 is 28.5 Å². The second-order valence-electron chi connectivity index (χ2n) is 9.90. The number of nitrogens with zero attached hydrogens (tertiary/aromatic N) is 2. The Kier molecular flexibility index (Phi) is 11.0. The molecule has 0 radical (unpaired) electrons. The Morgan fingerprint density at radius 3 is 2.26 bits per heavy atom. The molecule has 1 fully saturated rings. The highest BCUT2D eigenvalue weighted by atomic mass is 32.2. The van der Waals surface area contributed by atoms with Gasteiger partial charge in [-0.2, -0.15) is 0 Å². The summed E-state index contributed by atoms with van der Waals surface area (Å²) in [7, 11) is -0.897. The predicted molar refractivity (Wildman–Crippen MR) is 153 cm³/mol. The molecule has 214 valence electrons. The molecule has 3 rings (SSSR count). The summed E-state index contributed by atoms with van der Waals surface area (Å²) >= 11 is 0. The van der Waals surface area contributed by atoms with Crippen molar-refractivity contribution in [2.24, 2.45) is 0 Å². The van der Waals surface area contributed by atoms with Gasteiger partial charge in [-0.25, -0.2) is 8.42 Å². The normalized spacial score (nSPS) is 14.8. The van der Waals surface area contributed by atoms with Crippen LogP contribution in [0.15, 0.2) is 48.5 Å². The Bertz CT molecular complexity index is 1200. The molecule has 2 aromatic rings. The number of amides is 2. The predicted octanol–water partition coefficient (Wildman–Crippen LogP) is 3.77. The van der Waals surface area contributed by atoms with Gasteiger partial charge in [-0.15, -0.1) is 0 Å². The van der Waals surface area contributed by atoms with Gasteiger partial charge in [0.1, 0.15) is 12.6 Å². The van der Waals surface area contributed by atoms with Crippen molar-refractivity contribution in [3.05, 3.63) is 54.1 Å². The molecule has 9 nitrogen and oxygen atoms in total. The first-order chi connectivity index (χ1) is 18.7. The Balaban J connectivity index is 1.89. The highest BCUT2D eigenvalue weighted by molar-refractivity contribution is 7.92. The quantitative estimate of drug-likeness (QED) is 0.401. The fraction of sp³-hybridized carbons (Fsp3) is 0.517. The zero-order valence-electron chi connectivity index (χ0n) is 23.4. The van der Waals surface area contributed by atoms with E-state index in [1.807, 2.05) is 37.3 Å². The molecular weight excluding hydrogens is 518 g/mol. The Labute approximate surface area is 232 Å². The maximum absolute atomic E-state index is 13.9. The molecule has 39 heavy (non-hydrogen) atoms. The van der Waals surface area contributed by atoms with Gasteiger partial charge in [0.15, 0.2) is 11.5 Å². The van der Waals surface area contributed by atoms with E-state index in [1.165, 1.54) is 31.6 Å². The average molecular weight is 560 g/mol. The van der Waals surface area contributed by atoms with Gasteiger partial charge in [0, 0.05) is 18.7 Å². The number of anilines is 1. The molecule has 10 heteroatoms. The van der Waals surface area contributed by atoms with Gasteiger partial charge in [-0.05, 0) is 43.4 Å². The molecule has 2 amide bonds. The summed E-state index contributed by atoms with van der Waals surface area (Å²) in [5.74, 6) is 0.144. The summed E-state index contributed by atoms with van der Waals surface area (Å²) in [5.41, 5.74) is 1.30. The molecule has 1 aliphatic carbocycles. The van der Waals surface area contributed by atoms with E-state index >= 15 is 0 Å². The molecule has 1 unspecified atom stereocenters. The maximum Gasteiger partial charge on any atom is 0.244 e. The van der Waals surface area contributed by atoms with Crippen LogP contribution in [0.5, 0.6) is 11.5 Å². The number of rotatable bonds is 13. The largest absolute Gasteiger partial charge is 0.493 e. The van der Waals surface area contributed by atoms with Gasteiger partial charge in [0.25, 0.3) is 0 Å². The van der Waals surface area contributed by atoms with Crippen molar-refractivity contribution >= 4 is 27.5 Å². The van der Waals surface area contributed by atoms with Crippen molar-refractivity contribution < 1.29 is 27.5 Å². The van der Waals surface area contributed by atoms with Crippen LogP contribution in [-0.2, 0) is 26.0 Å². The first-order valence-corrected chi connectivity index (χ1v) is 15.4. The lowest BCUT2D eigenvalue weighted by Crippen LogP contribution is -2.54. The van der Waals surface area contributed by atoms with Gasteiger partial charge in [0.2, 0.25) is 21.8 Å². The van der Waals surface area contributed by atoms with Crippen molar-refractivity contribution in [2.45, 2.75) is 64.0 Å². The van der Waals surface area contributed by atoms with Crippen LogP contribution in [0.3, 0.4) is 0 Å². The minimum absolute atomic E-state index is 0.102. The van der Waals surface area contributed by atoms with Crippen LogP contribution in [0.1, 0.15) is 51.0 Å². The lowest BCUT2D eigenvalue weighted by atomic mass is 9.95. The Morgan fingerprint density at radius 1 is 1.00 bits per heavy atom. The van der Waals surface area contributed by atoms with Crippen LogP contribution >= 0.6 is 0 Å². The molecule has 1 aliphatic rings. The number of hydrogen-bond acceptors (Lipinski definition) is 6. The lowest BCUT2D eigenvalue weighted by Gasteiger charge is -2.34. The summed E-state index contributed by atoms with van der Waals surface area (Å²) in [6.45, 7) is 1.70. The van der Waals surface area contributed by atoms with Crippen LogP contribution in [0, 0.1) is 0 Å². The first-order valence-electron chi connectivity index (χ1n) is 13.5. The van der Waals surface area contributed by atoms with Crippen molar-refractivity contribution in [1.29, 1.82) is 0 Å². The van der Waals surface area contributed by atoms with Crippen LogP contribution in [0.25, 0.3) is 0 Å². The van der Waals surface area contributed by atoms with Crippen molar-refractivity contribution in [3.63, 3.8) is 0 Å². The highest BCUT2D eigenvalue weighted by Gasteiger charge is 2.32. The number of ether oxygens (including phenoxy) is 2. The summed E-state index contributed by atoms with van der Waals surface area (Å²) in [6, 6.07) is 13.8. The second-order valence-corrected chi connectivity index (χ2v) is 11.8. The van der Waals surface area contributed by atoms with E-state index in [-0.39, 0.29) is 24.2 Å². The van der Waals surface area contributed by atoms with E-state index in [0.29, 0.717) is 24.3 Å². The van der Waals surface area contributed by atoms with Crippen molar-refractivity contribution in [3.8, 4) is 11.5 Å². The van der Waals surface area contributed by atoms with Gasteiger partial charge in [-0.3, -0.25) is 13.9 Å². The number of methoxy groups -OCH3 is 2. The third-order valence-corrected chi connectivity index (χ3v) is 8.30. The van der Waals surface area contributed by atoms with E-state index in [2.05, 4.69) is 5.32 Å². The third-order valence-electron chi connectivity index (χ3n) is 7.16. The van der Waals surface area contributed by atoms with Gasteiger partial charge in [-0.1, -0.05) is 56.5 Å². The number of sulfonamides is 1. The SMILES string of the molecule is CCC(C(=O)NC1CCCCC1)N(CCc1ccccc1)C(=O)CN(c1ccc(OC)c(OC)c1)S(C)(=O)=O. The molecule has 0 bridgehead atoms. The van der Waals surface area contributed by atoms with Gasteiger partial charge >= 0.3 is 0 Å². The van der Waals surface area contributed by atoms with Crippen molar-refractivity contribution in [2.75, 3.05) is 37.9 Å². The number of nitrogens with one attached hydrogen (secondary N) is 1. The third kappa shape index (κ3) is 8.36. The molecule has 0 spiro atoms. The molecule has 0 aliphatic heterocycles. The summed E-state index contributed by atoms with van der Waals surface area (Å²) in [5, 5.41) is 3.15. The number of benzene rings is 2. The van der Waals surface area contributed by atoms with Crippen LogP contribution in [-0.4, -0.2) is 70.8 Å². The van der Waals surface area contributed by atoms with Crippen LogP contribution in [0.4, 0.5) is 5.69 Å². The molecule has 1 saturated carbocycles. The summed E-state index contributed by atoms with van der Waals surface area (Å²) < 4.78 is 37.4. The van der Waals surface area contributed by atoms with Crippen LogP contribution in [0.2, 0.25) is 0 Å². The second kappa shape index (κ2) is 14.2. The van der Waals surface area contributed by atoms with E-state index in [0.717, 1.165) is 41.8 Å². The lowest BCUT2D eigenvalue weighted by molar-refractivity contribution is -0.140. The zero-order chi connectivity index (χ0) is 28.4. The molecular formula is C29H41N3O6S. The monoisotopic (exact) mass is 559 g/mol. The smallest absolute Gasteiger partial charge is 0.244 e. The number of hydrogen-bond donors (Lipinski definition) is 1. The maximum atomic E-state index is 13.9. The molecule has 0 heterocycles. The topological polar surface area (TPSA) is 105 Å². The minimum atomic E-state index is -3.84. The fourth-order valence-electron chi connectivity index (χ4n) is 5.03. The van der Waals surface area contributed by atoms with Crippen molar-refractivity contribution in [1.82, 2.24) is 10.2 Å². The average Bonchev–Trinajstić information content (AvgIpc) is 2.93. The number of carbonyl (C=O) groups is 2. The van der Waals surface area contributed by atoms with E-state index in [9.17, 15) is 18.0 Å². The Morgan fingerprint density at radius 2 is 1.67 bits per heavy atom. The summed E-state index contributed by atoms with van der Waals surface area (Å²) in [4.78, 5) is 28.8. The molecule has 1 N–H and O–H groups in total. The molecule has 0 aromatic heterocycles. The standard InChI is InChI=1S/C29H41N3O6S/c1-5-25(29(34)30-23-14-10-7-11-15-23)31(19-18-22-12-8-6-9-13-22)28(33)21-32(39(4,35)36)24-16-17-26(37-2)27(20-24)38-3/h6,8-9,12-13,16-17,20,23,25H,5,7,10-11,14-15,18-19,21H2,1-4H3,(H,30,34). The Hall–Kier alpha value is -3.27. The highest BCUT2D eigenvalue weighted by Crippen LogP contribution is 2.32. The first kappa shape index (κ1) is 30.3. The van der Waals surface area contributed by atoms with E-state index in [4.69, 9.17) is 9.47 Å². The fourth-order valence-corrected chi connectivity index (χ4v) is 5.88. The molecule has 1 atom stereocenters. The minimum Gasteiger partial charge on any atom is -0.493 e. The zero-order valence-corrected chi connectivity index (χ0v) is 24.2. The molecule has 0 saturated heterocycles.